The summed E-state index contributed by atoms with van der Waals surface area (Å²) in [6, 6.07) is 4.01. The Morgan fingerprint density at radius 3 is 2.54 bits per heavy atom. The van der Waals surface area contributed by atoms with Crippen molar-refractivity contribution >= 4 is 5.78 Å². The Bertz CT molecular complexity index is 331. The molecule has 0 amide bonds. The number of nitrogens with zero attached hydrogens (tertiary/aromatic N) is 1. The number of ketones is 1. The molecule has 1 aromatic heterocycles. The third-order valence-corrected chi connectivity index (χ3v) is 1.56. The molecule has 0 unspecified atom stereocenters. The molecule has 1 aromatic rings. The molecule has 0 bridgehead atoms. The van der Waals surface area contributed by atoms with E-state index < -0.39 is 5.92 Å². The average Bonchev–Trinajstić information content (AvgIpc) is 2.03. The van der Waals surface area contributed by atoms with Crippen molar-refractivity contribution in [2.24, 2.45) is 0 Å². The highest BCUT2D eigenvalue weighted by Gasteiger charge is 2.26. The van der Waals surface area contributed by atoms with Crippen molar-refractivity contribution in [2.75, 3.05) is 0 Å². The van der Waals surface area contributed by atoms with Gasteiger partial charge in [0.15, 0.2) is 5.78 Å². The second kappa shape index (κ2) is 3.20. The Morgan fingerprint density at radius 1 is 1.46 bits per heavy atom. The van der Waals surface area contributed by atoms with Crippen molar-refractivity contribution in [1.82, 2.24) is 4.98 Å². The van der Waals surface area contributed by atoms with E-state index in [2.05, 4.69) is 4.98 Å². The monoisotopic (exact) mass is 185 g/mol. The largest absolute Gasteiger partial charge is 0.293 e. The molecular weight excluding hydrogens is 176 g/mol. The highest BCUT2D eigenvalue weighted by Crippen LogP contribution is 2.24. The molecular formula is C9H9F2NO. The van der Waals surface area contributed by atoms with E-state index in [1.54, 1.807) is 0 Å². The molecule has 0 saturated heterocycles. The fraction of sp³-hybridized carbons (Fsp3) is 0.333. The van der Waals surface area contributed by atoms with Crippen LogP contribution in [0.3, 0.4) is 0 Å². The first-order valence-electron chi connectivity index (χ1n) is 3.77. The highest BCUT2D eigenvalue weighted by atomic mass is 19.3. The Hall–Kier alpha value is -1.32. The van der Waals surface area contributed by atoms with E-state index in [0.29, 0.717) is 0 Å². The molecule has 0 aromatic carbocycles. The Morgan fingerprint density at radius 2 is 2.08 bits per heavy atom. The summed E-state index contributed by atoms with van der Waals surface area (Å²) in [5.74, 6) is -3.31. The number of carbonyl (C=O) groups excluding carboxylic acids is 1. The lowest BCUT2D eigenvalue weighted by Gasteiger charge is -2.09. The first-order chi connectivity index (χ1) is 5.91. The van der Waals surface area contributed by atoms with E-state index >= 15 is 0 Å². The van der Waals surface area contributed by atoms with E-state index in [9.17, 15) is 13.6 Å². The zero-order valence-corrected chi connectivity index (χ0v) is 7.34. The van der Waals surface area contributed by atoms with Crippen molar-refractivity contribution < 1.29 is 13.6 Å². The third-order valence-electron chi connectivity index (χ3n) is 1.56. The smallest absolute Gasteiger partial charge is 0.286 e. The minimum absolute atomic E-state index is 0.0685. The molecule has 2 nitrogen and oxygen atoms in total. The predicted octanol–water partition coefficient (Wildman–Crippen LogP) is 2.40. The van der Waals surface area contributed by atoms with Crippen molar-refractivity contribution in [1.29, 1.82) is 0 Å². The minimum atomic E-state index is -2.99. The van der Waals surface area contributed by atoms with Gasteiger partial charge in [-0.3, -0.25) is 4.79 Å². The van der Waals surface area contributed by atoms with Crippen molar-refractivity contribution in [3.05, 3.63) is 29.6 Å². The van der Waals surface area contributed by atoms with E-state index in [1.165, 1.54) is 25.1 Å². The SMILES string of the molecule is CC(=O)c1cccc(C(C)(F)F)n1. The molecule has 1 rings (SSSR count). The van der Waals surface area contributed by atoms with Crippen LogP contribution in [-0.4, -0.2) is 10.8 Å². The van der Waals surface area contributed by atoms with Gasteiger partial charge in [0.1, 0.15) is 11.4 Å². The lowest BCUT2D eigenvalue weighted by Crippen LogP contribution is -2.11. The van der Waals surface area contributed by atoms with Crippen LogP contribution in [0.25, 0.3) is 0 Å². The van der Waals surface area contributed by atoms with Gasteiger partial charge in [-0.1, -0.05) is 6.07 Å². The molecule has 70 valence electrons. The molecule has 4 heteroatoms. The lowest BCUT2D eigenvalue weighted by atomic mass is 10.2. The van der Waals surface area contributed by atoms with Crippen LogP contribution in [0.2, 0.25) is 0 Å². The number of pyridine rings is 1. The van der Waals surface area contributed by atoms with E-state index in [1.807, 2.05) is 0 Å². The van der Waals surface area contributed by atoms with Gasteiger partial charge in [0.2, 0.25) is 0 Å². The second-order valence-electron chi connectivity index (χ2n) is 2.85. The fourth-order valence-corrected chi connectivity index (χ4v) is 0.875. The summed E-state index contributed by atoms with van der Waals surface area (Å²) in [6.45, 7) is 2.04. The van der Waals surface area contributed by atoms with Gasteiger partial charge in [-0.15, -0.1) is 0 Å². The normalized spacial score (nSPS) is 11.4. The van der Waals surface area contributed by atoms with Gasteiger partial charge in [0, 0.05) is 13.8 Å². The number of Topliss-reactive ketones (excluding diaryl/α,β-unsaturated/α-hetero) is 1. The Kier molecular flexibility index (Phi) is 2.40. The standard InChI is InChI=1S/C9H9F2NO/c1-6(13)7-4-3-5-8(12-7)9(2,10)11/h3-5H,1-2H3. The molecule has 0 aliphatic carbocycles. The van der Waals surface area contributed by atoms with Crippen molar-refractivity contribution in [3.8, 4) is 0 Å². The quantitative estimate of drug-likeness (QED) is 0.662. The molecule has 0 atom stereocenters. The minimum Gasteiger partial charge on any atom is -0.293 e. The van der Waals surface area contributed by atoms with Gasteiger partial charge in [0.05, 0.1) is 0 Å². The summed E-state index contributed by atoms with van der Waals surface area (Å²) in [4.78, 5) is 14.4. The molecule has 0 fully saturated rings. The van der Waals surface area contributed by atoms with E-state index in [-0.39, 0.29) is 17.2 Å². The molecule has 0 N–H and O–H groups in total. The van der Waals surface area contributed by atoms with Crippen LogP contribution in [0, 0.1) is 0 Å². The van der Waals surface area contributed by atoms with Crippen LogP contribution in [0.1, 0.15) is 30.0 Å². The van der Waals surface area contributed by atoms with Crippen LogP contribution < -0.4 is 0 Å². The molecule has 0 saturated carbocycles. The van der Waals surface area contributed by atoms with Crippen molar-refractivity contribution in [3.63, 3.8) is 0 Å². The van der Waals surface area contributed by atoms with Crippen LogP contribution in [0.4, 0.5) is 8.78 Å². The molecule has 0 radical (unpaired) electrons. The third kappa shape index (κ3) is 2.31. The zero-order chi connectivity index (χ0) is 10.1. The summed E-state index contributed by atoms with van der Waals surface area (Å²) < 4.78 is 25.4. The Balaban J connectivity index is 3.13. The zero-order valence-electron chi connectivity index (χ0n) is 7.34. The number of halogens is 2. The van der Waals surface area contributed by atoms with Gasteiger partial charge >= 0.3 is 0 Å². The maximum Gasteiger partial charge on any atom is 0.286 e. The van der Waals surface area contributed by atoms with E-state index in [0.717, 1.165) is 6.92 Å². The first kappa shape index (κ1) is 9.77. The second-order valence-corrected chi connectivity index (χ2v) is 2.85. The summed E-state index contributed by atoms with van der Waals surface area (Å²) in [5, 5.41) is 0. The molecule has 0 aliphatic heterocycles. The molecule has 0 spiro atoms. The number of rotatable bonds is 2. The number of alkyl halides is 2. The topological polar surface area (TPSA) is 30.0 Å². The lowest BCUT2D eigenvalue weighted by molar-refractivity contribution is 0.0126. The highest BCUT2D eigenvalue weighted by molar-refractivity contribution is 5.92. The van der Waals surface area contributed by atoms with Gasteiger partial charge < -0.3 is 0 Å². The number of hydrogen-bond acceptors (Lipinski definition) is 2. The average molecular weight is 185 g/mol. The van der Waals surface area contributed by atoms with Crippen LogP contribution in [0.5, 0.6) is 0 Å². The molecule has 0 aliphatic rings. The summed E-state index contributed by atoms with van der Waals surface area (Å²) in [6.07, 6.45) is 0. The van der Waals surface area contributed by atoms with Gasteiger partial charge in [-0.2, -0.15) is 8.78 Å². The van der Waals surface area contributed by atoms with Gasteiger partial charge in [-0.05, 0) is 12.1 Å². The fourth-order valence-electron chi connectivity index (χ4n) is 0.875. The maximum absolute atomic E-state index is 12.7. The van der Waals surface area contributed by atoms with Crippen LogP contribution in [0.15, 0.2) is 18.2 Å². The summed E-state index contributed by atoms with van der Waals surface area (Å²) >= 11 is 0. The number of hydrogen-bond donors (Lipinski definition) is 0. The van der Waals surface area contributed by atoms with E-state index in [4.69, 9.17) is 0 Å². The van der Waals surface area contributed by atoms with Crippen LogP contribution >= 0.6 is 0 Å². The van der Waals surface area contributed by atoms with Crippen molar-refractivity contribution in [2.45, 2.75) is 19.8 Å². The number of carbonyl (C=O) groups is 1. The van der Waals surface area contributed by atoms with Crippen LogP contribution in [-0.2, 0) is 5.92 Å². The summed E-state index contributed by atoms with van der Waals surface area (Å²) in [5.41, 5.74) is -0.306. The number of aromatic nitrogens is 1. The van der Waals surface area contributed by atoms with Gasteiger partial charge in [0.25, 0.3) is 5.92 Å². The predicted molar refractivity (Wildman–Crippen MR) is 43.8 cm³/mol. The van der Waals surface area contributed by atoms with Gasteiger partial charge in [-0.25, -0.2) is 4.98 Å². The summed E-state index contributed by atoms with van der Waals surface area (Å²) in [7, 11) is 0. The molecule has 13 heavy (non-hydrogen) atoms. The molecule has 1 heterocycles. The first-order valence-corrected chi connectivity index (χ1v) is 3.77. The Labute approximate surface area is 74.6 Å². The maximum atomic E-state index is 12.7.